The summed E-state index contributed by atoms with van der Waals surface area (Å²) >= 11 is 0. The first-order valence-electron chi connectivity index (χ1n) is 5.08. The number of H-pyrrole nitrogens is 1. The van der Waals surface area contributed by atoms with Crippen LogP contribution in [0.1, 0.15) is 42.9 Å². The molecule has 0 aliphatic heterocycles. The Morgan fingerprint density at radius 1 is 1.50 bits per heavy atom. The number of nitrogens with two attached hydrogens (primary N) is 1. The summed E-state index contributed by atoms with van der Waals surface area (Å²) in [6.07, 6.45) is 6.47. The van der Waals surface area contributed by atoms with Crippen LogP contribution in [-0.4, -0.2) is 10.1 Å². The molecule has 1 saturated carbocycles. The molecular weight excluding hydrogens is 178 g/mol. The highest BCUT2D eigenvalue weighted by Gasteiger charge is 2.25. The molecule has 1 aromatic rings. The minimum absolute atomic E-state index is 0.0258. The van der Waals surface area contributed by atoms with Crippen molar-refractivity contribution in [3.63, 3.8) is 0 Å². The Morgan fingerprint density at radius 2 is 2.21 bits per heavy atom. The molecule has 14 heavy (non-hydrogen) atoms. The largest absolute Gasteiger partial charge is 0.391 e. The van der Waals surface area contributed by atoms with Crippen molar-refractivity contribution >= 4 is 5.82 Å². The Morgan fingerprint density at radius 3 is 2.86 bits per heavy atom. The lowest BCUT2D eigenvalue weighted by molar-refractivity contribution is -0.366. The second-order valence-electron chi connectivity index (χ2n) is 3.82. The number of nitrogen functional groups attached to an aromatic ring is 1. The van der Waals surface area contributed by atoms with Gasteiger partial charge in [-0.15, -0.1) is 4.98 Å². The van der Waals surface area contributed by atoms with Gasteiger partial charge in [0.1, 0.15) is 5.69 Å². The molecule has 1 aliphatic carbocycles. The van der Waals surface area contributed by atoms with E-state index in [1.165, 1.54) is 25.7 Å². The lowest BCUT2D eigenvalue weighted by Crippen LogP contribution is -2.18. The Balaban J connectivity index is 2.35. The summed E-state index contributed by atoms with van der Waals surface area (Å²) in [5.74, 6) is 1.04. The van der Waals surface area contributed by atoms with Crippen LogP contribution in [0.5, 0.6) is 0 Å². The first-order chi connectivity index (χ1) is 6.83. The lowest BCUT2D eigenvalue weighted by atomic mass is 9.99. The fourth-order valence-electron chi connectivity index (χ4n) is 2.19. The van der Waals surface area contributed by atoms with Gasteiger partial charge in [-0.25, -0.2) is 0 Å². The standard InChI is InChI=1S/C10H15N3O/c11-10-8(5-14)9(12-6-13-10)7-3-1-2-4-7/h6-7,14H,1-5H2,(H2,11,12,13)/p+1. The molecule has 0 unspecified atom stereocenters. The van der Waals surface area contributed by atoms with Crippen molar-refractivity contribution in [2.24, 2.45) is 0 Å². The maximum absolute atomic E-state index is 9.22. The number of aliphatic hydroxyl groups is 1. The van der Waals surface area contributed by atoms with Crippen molar-refractivity contribution in [3.05, 3.63) is 17.6 Å². The predicted molar refractivity (Wildman–Crippen MR) is 52.3 cm³/mol. The number of rotatable bonds is 2. The van der Waals surface area contributed by atoms with Crippen molar-refractivity contribution in [2.45, 2.75) is 38.2 Å². The summed E-state index contributed by atoms with van der Waals surface area (Å²) in [6, 6.07) is 0. The summed E-state index contributed by atoms with van der Waals surface area (Å²) in [6.45, 7) is -0.0258. The van der Waals surface area contributed by atoms with Crippen LogP contribution in [-0.2, 0) is 6.61 Å². The Labute approximate surface area is 83.2 Å². The van der Waals surface area contributed by atoms with Crippen molar-refractivity contribution < 1.29 is 10.1 Å². The van der Waals surface area contributed by atoms with Gasteiger partial charge in [0.25, 0.3) is 0 Å². The molecule has 1 fully saturated rings. The summed E-state index contributed by atoms with van der Waals surface area (Å²) in [5.41, 5.74) is 7.51. The van der Waals surface area contributed by atoms with E-state index in [4.69, 9.17) is 5.73 Å². The van der Waals surface area contributed by atoms with Crippen LogP contribution < -0.4 is 10.7 Å². The summed E-state index contributed by atoms with van der Waals surface area (Å²) in [7, 11) is 0. The molecule has 0 spiro atoms. The number of hydrogen-bond acceptors (Lipinski definition) is 3. The molecule has 0 atom stereocenters. The van der Waals surface area contributed by atoms with Gasteiger partial charge in [-0.05, 0) is 12.8 Å². The minimum Gasteiger partial charge on any atom is -0.391 e. The van der Waals surface area contributed by atoms with Crippen LogP contribution in [0.2, 0.25) is 0 Å². The van der Waals surface area contributed by atoms with Crippen LogP contribution in [0.4, 0.5) is 5.82 Å². The second-order valence-corrected chi connectivity index (χ2v) is 3.82. The molecule has 4 N–H and O–H groups in total. The molecule has 0 saturated heterocycles. The SMILES string of the molecule is Nc1[nH+]cnc(C2CCCC2)c1CO. The second kappa shape index (κ2) is 3.92. The highest BCUT2D eigenvalue weighted by molar-refractivity contribution is 5.38. The van der Waals surface area contributed by atoms with Gasteiger partial charge in [-0.3, -0.25) is 4.98 Å². The van der Waals surface area contributed by atoms with Crippen molar-refractivity contribution in [1.82, 2.24) is 4.98 Å². The van der Waals surface area contributed by atoms with Crippen molar-refractivity contribution in [3.8, 4) is 0 Å². The molecule has 4 nitrogen and oxygen atoms in total. The maximum Gasteiger partial charge on any atom is 0.225 e. The summed E-state index contributed by atoms with van der Waals surface area (Å²) < 4.78 is 0. The van der Waals surface area contributed by atoms with E-state index in [1.807, 2.05) is 0 Å². The van der Waals surface area contributed by atoms with E-state index >= 15 is 0 Å². The first-order valence-corrected chi connectivity index (χ1v) is 5.08. The van der Waals surface area contributed by atoms with E-state index in [9.17, 15) is 5.11 Å². The van der Waals surface area contributed by atoms with Gasteiger partial charge in [-0.1, -0.05) is 12.8 Å². The first kappa shape index (κ1) is 9.40. The minimum atomic E-state index is -0.0258. The van der Waals surface area contributed by atoms with Crippen molar-refractivity contribution in [1.29, 1.82) is 0 Å². The zero-order chi connectivity index (χ0) is 9.97. The molecule has 1 aromatic heterocycles. The van der Waals surface area contributed by atoms with Gasteiger partial charge in [0.05, 0.1) is 12.2 Å². The van der Waals surface area contributed by atoms with Crippen LogP contribution in [0.3, 0.4) is 0 Å². The molecular formula is C10H16N3O+. The number of hydrogen-bond donors (Lipinski definition) is 2. The van der Waals surface area contributed by atoms with Gasteiger partial charge in [0.15, 0.2) is 0 Å². The molecule has 1 aliphatic rings. The number of anilines is 1. The average Bonchev–Trinajstić information content (AvgIpc) is 2.70. The summed E-state index contributed by atoms with van der Waals surface area (Å²) in [5, 5.41) is 9.22. The third kappa shape index (κ3) is 1.57. The molecule has 2 rings (SSSR count). The molecule has 76 valence electrons. The van der Waals surface area contributed by atoms with E-state index in [0.717, 1.165) is 11.3 Å². The Kier molecular flexibility index (Phi) is 2.63. The molecule has 4 heteroatoms. The third-order valence-electron chi connectivity index (χ3n) is 2.96. The zero-order valence-corrected chi connectivity index (χ0v) is 8.16. The number of aliphatic hydroxyl groups excluding tert-OH is 1. The number of aromatic nitrogens is 2. The highest BCUT2D eigenvalue weighted by atomic mass is 16.3. The summed E-state index contributed by atoms with van der Waals surface area (Å²) in [4.78, 5) is 7.12. The van der Waals surface area contributed by atoms with Gasteiger partial charge in [-0.2, -0.15) is 0 Å². The Hall–Kier alpha value is -1.16. The van der Waals surface area contributed by atoms with Crippen molar-refractivity contribution in [2.75, 3.05) is 5.73 Å². The van der Waals surface area contributed by atoms with E-state index in [1.54, 1.807) is 6.33 Å². The lowest BCUT2D eigenvalue weighted by Gasteiger charge is -2.08. The molecule has 0 aromatic carbocycles. The third-order valence-corrected chi connectivity index (χ3v) is 2.96. The van der Waals surface area contributed by atoms with E-state index < -0.39 is 0 Å². The van der Waals surface area contributed by atoms with E-state index in [-0.39, 0.29) is 6.61 Å². The highest BCUT2D eigenvalue weighted by Crippen LogP contribution is 2.34. The van der Waals surface area contributed by atoms with Gasteiger partial charge in [0, 0.05) is 5.92 Å². The van der Waals surface area contributed by atoms with E-state index in [0.29, 0.717) is 11.7 Å². The smallest absolute Gasteiger partial charge is 0.225 e. The monoisotopic (exact) mass is 194 g/mol. The maximum atomic E-state index is 9.22. The fraction of sp³-hybridized carbons (Fsp3) is 0.600. The zero-order valence-electron chi connectivity index (χ0n) is 8.16. The molecule has 1 heterocycles. The Bertz CT molecular complexity index is 321. The van der Waals surface area contributed by atoms with Gasteiger partial charge < -0.3 is 10.8 Å². The van der Waals surface area contributed by atoms with Gasteiger partial charge in [0.2, 0.25) is 12.1 Å². The van der Waals surface area contributed by atoms with Crippen LogP contribution in [0.25, 0.3) is 0 Å². The van der Waals surface area contributed by atoms with Crippen LogP contribution >= 0.6 is 0 Å². The molecule has 0 amide bonds. The predicted octanol–water partition coefficient (Wildman–Crippen LogP) is 0.628. The fourth-order valence-corrected chi connectivity index (χ4v) is 2.19. The van der Waals surface area contributed by atoms with Gasteiger partial charge >= 0.3 is 0 Å². The van der Waals surface area contributed by atoms with Crippen LogP contribution in [0, 0.1) is 0 Å². The topological polar surface area (TPSA) is 73.3 Å². The number of aromatic amines is 1. The quantitative estimate of drug-likeness (QED) is 0.725. The number of nitrogens with zero attached hydrogens (tertiary/aromatic N) is 1. The normalized spacial score (nSPS) is 17.5. The molecule has 0 bridgehead atoms. The average molecular weight is 194 g/mol. The molecule has 0 radical (unpaired) electrons. The van der Waals surface area contributed by atoms with E-state index in [2.05, 4.69) is 9.97 Å². The number of nitrogens with one attached hydrogen (secondary N) is 1. The van der Waals surface area contributed by atoms with Crippen LogP contribution in [0.15, 0.2) is 6.33 Å².